The van der Waals surface area contributed by atoms with E-state index in [4.69, 9.17) is 0 Å². The molecule has 6 heteroatoms. The minimum absolute atomic E-state index is 0.110. The Balaban J connectivity index is 1.96. The summed E-state index contributed by atoms with van der Waals surface area (Å²) in [6, 6.07) is 0. The summed E-state index contributed by atoms with van der Waals surface area (Å²) in [5, 5.41) is 0. The van der Waals surface area contributed by atoms with Crippen LogP contribution in [0.3, 0.4) is 0 Å². The highest BCUT2D eigenvalue weighted by atomic mass is 19.4. The molecule has 0 saturated heterocycles. The van der Waals surface area contributed by atoms with Crippen LogP contribution in [0.5, 0.6) is 0 Å². The van der Waals surface area contributed by atoms with Crippen molar-refractivity contribution >= 4 is 0 Å². The normalized spacial score (nSPS) is 40.1. The highest BCUT2D eigenvalue weighted by Crippen LogP contribution is 2.56. The number of fused-ring (bicyclic) bond motifs is 1. The topological polar surface area (TPSA) is 0 Å². The van der Waals surface area contributed by atoms with Crippen LogP contribution in [0.2, 0.25) is 0 Å². The quantitative estimate of drug-likeness (QED) is 0.563. The summed E-state index contributed by atoms with van der Waals surface area (Å²) in [4.78, 5) is 0. The minimum Gasteiger partial charge on any atom is -0.171 e. The fraction of sp³-hybridized carbons (Fsp3) is 1.00. The van der Waals surface area contributed by atoms with E-state index in [2.05, 4.69) is 0 Å². The summed E-state index contributed by atoms with van der Waals surface area (Å²) in [6.07, 6.45) is -8.92. The van der Waals surface area contributed by atoms with E-state index >= 15 is 0 Å². The van der Waals surface area contributed by atoms with E-state index < -0.39 is 24.2 Å². The van der Waals surface area contributed by atoms with Crippen molar-refractivity contribution in [3.05, 3.63) is 0 Å². The Morgan fingerprint density at radius 2 is 0.812 bits per heavy atom. The Hall–Kier alpha value is -0.420. The van der Waals surface area contributed by atoms with E-state index in [0.29, 0.717) is 0 Å². The average Bonchev–Trinajstić information content (AvgIpc) is 2.53. The molecule has 0 heterocycles. The second-order valence-electron chi connectivity index (χ2n) is 4.94. The molecule has 0 aromatic rings. The highest BCUT2D eigenvalue weighted by molar-refractivity contribution is 4.95. The van der Waals surface area contributed by atoms with Gasteiger partial charge in [-0.3, -0.25) is 0 Å². The van der Waals surface area contributed by atoms with Crippen molar-refractivity contribution in [2.24, 2.45) is 23.7 Å². The standard InChI is InChI=1S/C10H12F6/c11-9(12,13)7-1-5-2-8(10(14,15)16)4-6(5)3-7/h5-8H,1-4H2. The van der Waals surface area contributed by atoms with Crippen LogP contribution >= 0.6 is 0 Å². The highest BCUT2D eigenvalue weighted by Gasteiger charge is 2.55. The van der Waals surface area contributed by atoms with Crippen molar-refractivity contribution in [1.29, 1.82) is 0 Å². The van der Waals surface area contributed by atoms with Gasteiger partial charge >= 0.3 is 12.4 Å². The molecule has 0 N–H and O–H groups in total. The van der Waals surface area contributed by atoms with Gasteiger partial charge in [-0.25, -0.2) is 0 Å². The average molecular weight is 246 g/mol. The molecule has 0 unspecified atom stereocenters. The molecule has 2 rings (SSSR count). The molecule has 2 aliphatic carbocycles. The molecular weight excluding hydrogens is 234 g/mol. The molecule has 0 aliphatic heterocycles. The molecule has 2 saturated carbocycles. The van der Waals surface area contributed by atoms with Crippen LogP contribution < -0.4 is 0 Å². The predicted molar refractivity (Wildman–Crippen MR) is 44.5 cm³/mol. The zero-order chi connectivity index (χ0) is 12.1. The second kappa shape index (κ2) is 3.53. The monoisotopic (exact) mass is 246 g/mol. The molecule has 94 valence electrons. The SMILES string of the molecule is FC(F)(F)C1CC2CC(C(F)(F)F)CC2C1. The molecular formula is C10H12F6. The first-order valence-corrected chi connectivity index (χ1v) is 5.31. The van der Waals surface area contributed by atoms with E-state index in [9.17, 15) is 26.3 Å². The van der Waals surface area contributed by atoms with E-state index in [1.165, 1.54) is 0 Å². The Labute approximate surface area is 89.0 Å². The third kappa shape index (κ3) is 2.15. The number of alkyl halides is 6. The Bertz CT molecular complexity index is 225. The van der Waals surface area contributed by atoms with Crippen LogP contribution in [0.25, 0.3) is 0 Å². The zero-order valence-electron chi connectivity index (χ0n) is 8.41. The van der Waals surface area contributed by atoms with Gasteiger partial charge in [-0.2, -0.15) is 26.3 Å². The lowest BCUT2D eigenvalue weighted by Gasteiger charge is -2.18. The van der Waals surface area contributed by atoms with Crippen molar-refractivity contribution < 1.29 is 26.3 Å². The molecule has 0 aromatic carbocycles. The summed E-state index contributed by atoms with van der Waals surface area (Å²) in [6.45, 7) is 0. The maximum atomic E-state index is 12.4. The smallest absolute Gasteiger partial charge is 0.171 e. The van der Waals surface area contributed by atoms with Crippen molar-refractivity contribution in [1.82, 2.24) is 0 Å². The molecule has 0 nitrogen and oxygen atoms in total. The number of hydrogen-bond acceptors (Lipinski definition) is 0. The van der Waals surface area contributed by atoms with Gasteiger partial charge in [0.2, 0.25) is 0 Å². The third-order valence-electron chi connectivity index (χ3n) is 3.94. The first kappa shape index (κ1) is 12.0. The van der Waals surface area contributed by atoms with Gasteiger partial charge < -0.3 is 0 Å². The van der Waals surface area contributed by atoms with Gasteiger partial charge in [-0.05, 0) is 37.5 Å². The number of halogens is 6. The molecule has 0 bridgehead atoms. The van der Waals surface area contributed by atoms with E-state index in [-0.39, 0.29) is 37.5 Å². The molecule has 16 heavy (non-hydrogen) atoms. The molecule has 2 aliphatic rings. The zero-order valence-corrected chi connectivity index (χ0v) is 8.41. The lowest BCUT2D eigenvalue weighted by atomic mass is 9.97. The van der Waals surface area contributed by atoms with Crippen LogP contribution in [-0.4, -0.2) is 12.4 Å². The predicted octanol–water partition coefficient (Wildman–Crippen LogP) is 4.16. The van der Waals surface area contributed by atoms with Gasteiger partial charge in [0.05, 0.1) is 11.8 Å². The van der Waals surface area contributed by atoms with Gasteiger partial charge in [-0.1, -0.05) is 0 Å². The van der Waals surface area contributed by atoms with Gasteiger partial charge in [0.1, 0.15) is 0 Å². The Morgan fingerprint density at radius 1 is 0.562 bits per heavy atom. The largest absolute Gasteiger partial charge is 0.391 e. The Kier molecular flexibility index (Phi) is 2.66. The molecule has 0 spiro atoms. The summed E-state index contributed by atoms with van der Waals surface area (Å²) < 4.78 is 74.3. The van der Waals surface area contributed by atoms with E-state index in [1.54, 1.807) is 0 Å². The third-order valence-corrected chi connectivity index (χ3v) is 3.94. The van der Waals surface area contributed by atoms with E-state index in [1.807, 2.05) is 0 Å². The summed E-state index contributed by atoms with van der Waals surface area (Å²) in [5.74, 6) is -3.51. The molecule has 2 fully saturated rings. The number of hydrogen-bond donors (Lipinski definition) is 0. The van der Waals surface area contributed by atoms with Gasteiger partial charge in [0, 0.05) is 0 Å². The van der Waals surface area contributed by atoms with Crippen LogP contribution in [0.15, 0.2) is 0 Å². The number of rotatable bonds is 0. The second-order valence-corrected chi connectivity index (χ2v) is 4.94. The summed E-state index contributed by atoms with van der Waals surface area (Å²) in [5.41, 5.74) is 0. The molecule has 0 amide bonds. The van der Waals surface area contributed by atoms with Crippen LogP contribution in [0, 0.1) is 23.7 Å². The Morgan fingerprint density at radius 3 is 1.00 bits per heavy atom. The lowest BCUT2D eigenvalue weighted by Crippen LogP contribution is -2.24. The summed E-state index contributed by atoms with van der Waals surface area (Å²) in [7, 11) is 0. The lowest BCUT2D eigenvalue weighted by molar-refractivity contribution is -0.182. The molecule has 0 aromatic heterocycles. The van der Waals surface area contributed by atoms with Gasteiger partial charge in [-0.15, -0.1) is 0 Å². The van der Waals surface area contributed by atoms with Crippen molar-refractivity contribution in [3.63, 3.8) is 0 Å². The van der Waals surface area contributed by atoms with E-state index in [0.717, 1.165) is 0 Å². The fourth-order valence-corrected chi connectivity index (χ4v) is 3.15. The first-order chi connectivity index (χ1) is 7.18. The van der Waals surface area contributed by atoms with Crippen molar-refractivity contribution in [2.45, 2.75) is 38.0 Å². The minimum atomic E-state index is -4.24. The molecule has 0 atom stereocenters. The van der Waals surface area contributed by atoms with Crippen LogP contribution in [0.1, 0.15) is 25.7 Å². The van der Waals surface area contributed by atoms with Crippen molar-refractivity contribution in [3.8, 4) is 0 Å². The summed E-state index contributed by atoms with van der Waals surface area (Å²) >= 11 is 0. The van der Waals surface area contributed by atoms with Crippen LogP contribution in [0.4, 0.5) is 26.3 Å². The van der Waals surface area contributed by atoms with Crippen LogP contribution in [-0.2, 0) is 0 Å². The van der Waals surface area contributed by atoms with Gasteiger partial charge in [0.15, 0.2) is 0 Å². The fourth-order valence-electron chi connectivity index (χ4n) is 3.15. The van der Waals surface area contributed by atoms with Crippen molar-refractivity contribution in [2.75, 3.05) is 0 Å². The maximum Gasteiger partial charge on any atom is 0.391 e. The first-order valence-electron chi connectivity index (χ1n) is 5.31. The van der Waals surface area contributed by atoms with Gasteiger partial charge in [0.25, 0.3) is 0 Å². The maximum absolute atomic E-state index is 12.4. The molecule has 0 radical (unpaired) electrons.